The summed E-state index contributed by atoms with van der Waals surface area (Å²) in [6, 6.07) is 8.60. The van der Waals surface area contributed by atoms with E-state index in [1.54, 1.807) is 0 Å². The molecule has 0 aliphatic heterocycles. The van der Waals surface area contributed by atoms with Gasteiger partial charge in [0.1, 0.15) is 0 Å². The summed E-state index contributed by atoms with van der Waals surface area (Å²) in [6.07, 6.45) is 2.64. The van der Waals surface area contributed by atoms with Crippen LogP contribution in [0.4, 0.5) is 0 Å². The van der Waals surface area contributed by atoms with Gasteiger partial charge in [0.15, 0.2) is 0 Å². The molecule has 5 heteroatoms. The number of hydrogen-bond donors (Lipinski definition) is 2. The lowest BCUT2D eigenvalue weighted by molar-refractivity contribution is 0.583. The van der Waals surface area contributed by atoms with Crippen LogP contribution in [0.2, 0.25) is 0 Å². The molecule has 0 bridgehead atoms. The van der Waals surface area contributed by atoms with E-state index in [1.807, 2.05) is 0 Å². The second-order valence-electron chi connectivity index (χ2n) is 4.72. The van der Waals surface area contributed by atoms with E-state index < -0.39 is 10.0 Å². The summed E-state index contributed by atoms with van der Waals surface area (Å²) >= 11 is 0. The molecule has 1 saturated carbocycles. The molecule has 2 N–H and O–H groups in total. The van der Waals surface area contributed by atoms with E-state index in [9.17, 15) is 8.42 Å². The zero-order valence-corrected chi connectivity index (χ0v) is 11.5. The van der Waals surface area contributed by atoms with Crippen molar-refractivity contribution in [1.29, 1.82) is 0 Å². The molecule has 2 rings (SSSR count). The molecular formula is C13H20N2O2S. The average molecular weight is 268 g/mol. The van der Waals surface area contributed by atoms with E-state index >= 15 is 0 Å². The Balaban J connectivity index is 1.73. The number of nitrogens with one attached hydrogen (secondary N) is 2. The molecule has 0 unspecified atom stereocenters. The molecule has 1 aromatic rings. The van der Waals surface area contributed by atoms with Crippen LogP contribution >= 0.6 is 0 Å². The van der Waals surface area contributed by atoms with Crippen LogP contribution < -0.4 is 10.0 Å². The van der Waals surface area contributed by atoms with E-state index in [0.29, 0.717) is 13.1 Å². The first-order chi connectivity index (χ1) is 8.61. The van der Waals surface area contributed by atoms with Gasteiger partial charge in [-0.1, -0.05) is 24.3 Å². The van der Waals surface area contributed by atoms with Crippen molar-refractivity contribution in [2.75, 3.05) is 19.3 Å². The molecule has 1 aliphatic rings. The molecule has 0 amide bonds. The highest BCUT2D eigenvalue weighted by atomic mass is 32.2. The van der Waals surface area contributed by atoms with Gasteiger partial charge in [0.05, 0.1) is 5.75 Å². The monoisotopic (exact) mass is 268 g/mol. The van der Waals surface area contributed by atoms with E-state index in [2.05, 4.69) is 34.3 Å². The van der Waals surface area contributed by atoms with Crippen molar-refractivity contribution in [2.45, 2.75) is 25.3 Å². The number of rotatable bonds is 7. The standard InChI is InChI=1S/C13H20N2O2S/c1-14-18(16,17)9-8-15-10-11-2-4-12(5-3-11)13-6-7-13/h2-5,13-15H,6-10H2,1H3. The minimum atomic E-state index is -3.10. The highest BCUT2D eigenvalue weighted by Gasteiger charge is 2.22. The molecule has 18 heavy (non-hydrogen) atoms. The fourth-order valence-electron chi connectivity index (χ4n) is 1.87. The van der Waals surface area contributed by atoms with Crippen LogP contribution in [0.25, 0.3) is 0 Å². The molecule has 0 atom stereocenters. The largest absolute Gasteiger partial charge is 0.312 e. The average Bonchev–Trinajstić information content (AvgIpc) is 3.20. The van der Waals surface area contributed by atoms with Gasteiger partial charge in [-0.3, -0.25) is 0 Å². The maximum Gasteiger partial charge on any atom is 0.212 e. The third-order valence-electron chi connectivity index (χ3n) is 3.22. The highest BCUT2D eigenvalue weighted by Crippen LogP contribution is 2.39. The molecule has 1 aromatic carbocycles. The summed E-state index contributed by atoms with van der Waals surface area (Å²) in [4.78, 5) is 0. The Morgan fingerprint density at radius 1 is 1.22 bits per heavy atom. The Labute approximate surface area is 109 Å². The zero-order valence-electron chi connectivity index (χ0n) is 10.6. The second kappa shape index (κ2) is 5.82. The van der Waals surface area contributed by atoms with Gasteiger partial charge in [-0.2, -0.15) is 0 Å². The molecule has 0 radical (unpaired) electrons. The summed E-state index contributed by atoms with van der Waals surface area (Å²) < 4.78 is 24.7. The molecule has 1 fully saturated rings. The predicted molar refractivity (Wildman–Crippen MR) is 73.0 cm³/mol. The fourth-order valence-corrected chi connectivity index (χ4v) is 2.48. The normalized spacial score (nSPS) is 15.8. The van der Waals surface area contributed by atoms with Crippen LogP contribution in [-0.4, -0.2) is 27.8 Å². The number of benzene rings is 1. The Hall–Kier alpha value is -0.910. The van der Waals surface area contributed by atoms with Crippen LogP contribution in [0.15, 0.2) is 24.3 Å². The van der Waals surface area contributed by atoms with E-state index in [0.717, 1.165) is 5.92 Å². The smallest absolute Gasteiger partial charge is 0.212 e. The zero-order chi connectivity index (χ0) is 13.0. The molecule has 0 heterocycles. The minimum Gasteiger partial charge on any atom is -0.312 e. The van der Waals surface area contributed by atoms with Gasteiger partial charge >= 0.3 is 0 Å². The van der Waals surface area contributed by atoms with Crippen molar-refractivity contribution in [3.05, 3.63) is 35.4 Å². The molecule has 100 valence electrons. The summed E-state index contributed by atoms with van der Waals surface area (Å²) in [6.45, 7) is 1.18. The quantitative estimate of drug-likeness (QED) is 0.731. The summed E-state index contributed by atoms with van der Waals surface area (Å²) in [7, 11) is -1.66. The molecule has 1 aliphatic carbocycles. The van der Waals surface area contributed by atoms with Crippen LogP contribution in [0.3, 0.4) is 0 Å². The van der Waals surface area contributed by atoms with Crippen molar-refractivity contribution in [3.8, 4) is 0 Å². The highest BCUT2D eigenvalue weighted by molar-refractivity contribution is 7.89. The van der Waals surface area contributed by atoms with E-state index in [1.165, 1.54) is 31.0 Å². The lowest BCUT2D eigenvalue weighted by Gasteiger charge is -2.06. The lowest BCUT2D eigenvalue weighted by atomic mass is 10.1. The first-order valence-corrected chi connectivity index (χ1v) is 7.97. The van der Waals surface area contributed by atoms with E-state index in [4.69, 9.17) is 0 Å². The molecule has 0 aromatic heterocycles. The van der Waals surface area contributed by atoms with Gasteiger partial charge in [0.2, 0.25) is 10.0 Å². The first-order valence-electron chi connectivity index (χ1n) is 6.31. The Morgan fingerprint density at radius 3 is 2.44 bits per heavy atom. The topological polar surface area (TPSA) is 58.2 Å². The Kier molecular flexibility index (Phi) is 4.37. The predicted octanol–water partition coefficient (Wildman–Crippen LogP) is 1.20. The second-order valence-corrected chi connectivity index (χ2v) is 6.76. The first kappa shape index (κ1) is 13.5. The van der Waals surface area contributed by atoms with E-state index in [-0.39, 0.29) is 5.75 Å². The Bertz CT molecular complexity index is 478. The third-order valence-corrected chi connectivity index (χ3v) is 4.58. The van der Waals surface area contributed by atoms with Gasteiger partial charge in [0.25, 0.3) is 0 Å². The minimum absolute atomic E-state index is 0.115. The summed E-state index contributed by atoms with van der Waals surface area (Å²) in [5, 5.41) is 3.14. The molecular weight excluding hydrogens is 248 g/mol. The molecule has 4 nitrogen and oxygen atoms in total. The Morgan fingerprint density at radius 2 is 1.89 bits per heavy atom. The van der Waals surface area contributed by atoms with Crippen molar-refractivity contribution in [2.24, 2.45) is 0 Å². The van der Waals surface area contributed by atoms with Crippen molar-refractivity contribution < 1.29 is 8.42 Å². The van der Waals surface area contributed by atoms with Gasteiger partial charge in [-0.05, 0) is 36.9 Å². The van der Waals surface area contributed by atoms with Crippen LogP contribution in [0.5, 0.6) is 0 Å². The summed E-state index contributed by atoms with van der Waals surface area (Å²) in [5.74, 6) is 0.900. The number of sulfonamides is 1. The van der Waals surface area contributed by atoms with Gasteiger partial charge < -0.3 is 5.32 Å². The third kappa shape index (κ3) is 4.08. The summed E-state index contributed by atoms with van der Waals surface area (Å²) in [5.41, 5.74) is 2.62. The van der Waals surface area contributed by atoms with Crippen molar-refractivity contribution in [3.63, 3.8) is 0 Å². The maximum absolute atomic E-state index is 11.2. The van der Waals surface area contributed by atoms with Gasteiger partial charge in [0, 0.05) is 13.1 Å². The van der Waals surface area contributed by atoms with Gasteiger partial charge in [-0.15, -0.1) is 0 Å². The molecule has 0 spiro atoms. The SMILES string of the molecule is CNS(=O)(=O)CCNCc1ccc(C2CC2)cc1. The molecule has 0 saturated heterocycles. The maximum atomic E-state index is 11.2. The van der Waals surface area contributed by atoms with Crippen LogP contribution in [-0.2, 0) is 16.6 Å². The van der Waals surface area contributed by atoms with Gasteiger partial charge in [-0.25, -0.2) is 13.1 Å². The van der Waals surface area contributed by atoms with Crippen molar-refractivity contribution in [1.82, 2.24) is 10.0 Å². The van der Waals surface area contributed by atoms with Crippen LogP contribution in [0.1, 0.15) is 29.9 Å². The van der Waals surface area contributed by atoms with Crippen LogP contribution in [0, 0.1) is 0 Å². The lowest BCUT2D eigenvalue weighted by Crippen LogP contribution is -2.29. The van der Waals surface area contributed by atoms with Crippen molar-refractivity contribution >= 4 is 10.0 Å². The fraction of sp³-hybridized carbons (Fsp3) is 0.538. The number of hydrogen-bond acceptors (Lipinski definition) is 3.